The van der Waals surface area contributed by atoms with Crippen LogP contribution in [0.4, 0.5) is 11.4 Å². The van der Waals surface area contributed by atoms with E-state index in [1.165, 1.54) is 18.3 Å². The molecule has 222 valence electrons. The van der Waals surface area contributed by atoms with Gasteiger partial charge in [0, 0.05) is 29.9 Å². The Kier molecular flexibility index (Phi) is 10.00. The minimum absolute atomic E-state index is 0.0985. The maximum absolute atomic E-state index is 12.5. The Balaban J connectivity index is 1.59. The lowest BCUT2D eigenvalue weighted by Gasteiger charge is -2.19. The van der Waals surface area contributed by atoms with E-state index < -0.39 is 15.9 Å². The van der Waals surface area contributed by atoms with Crippen molar-refractivity contribution in [3.63, 3.8) is 0 Å². The van der Waals surface area contributed by atoms with Crippen LogP contribution >= 0.6 is 0 Å². The molecule has 1 amide bonds. The molecule has 0 fully saturated rings. The fourth-order valence-corrected chi connectivity index (χ4v) is 5.34. The van der Waals surface area contributed by atoms with Crippen molar-refractivity contribution in [3.8, 4) is 11.5 Å². The third kappa shape index (κ3) is 7.17. The van der Waals surface area contributed by atoms with E-state index in [-0.39, 0.29) is 10.5 Å². The molecule has 0 saturated heterocycles. The maximum atomic E-state index is 12.5. The van der Waals surface area contributed by atoms with E-state index in [0.717, 1.165) is 35.2 Å². The highest BCUT2D eigenvalue weighted by Gasteiger charge is 2.19. The molecule has 0 bridgehead atoms. The molecule has 0 unspecified atom stereocenters. The number of amides is 1. The molecule has 1 aromatic heterocycles. The van der Waals surface area contributed by atoms with E-state index in [1.807, 2.05) is 38.1 Å². The largest absolute Gasteiger partial charge is 0.490 e. The van der Waals surface area contributed by atoms with Crippen LogP contribution in [0.15, 0.2) is 65.7 Å². The van der Waals surface area contributed by atoms with E-state index in [9.17, 15) is 13.2 Å². The number of benzene rings is 3. The molecule has 0 saturated carbocycles. The van der Waals surface area contributed by atoms with Crippen LogP contribution in [-0.4, -0.2) is 39.1 Å². The summed E-state index contributed by atoms with van der Waals surface area (Å²) in [4.78, 5) is 17.0. The first kappa shape index (κ1) is 30.8. The Bertz CT molecular complexity index is 1670. The van der Waals surface area contributed by atoms with Gasteiger partial charge < -0.3 is 25.8 Å². The number of carbonyl (C=O) groups excluding carboxylic acids is 1. The number of primary amides is 1. The lowest BCUT2D eigenvalue weighted by Crippen LogP contribution is -2.18. The highest BCUT2D eigenvalue weighted by molar-refractivity contribution is 7.89. The molecular formula is C31H37N5O5S. The number of hydrogen-bond acceptors (Lipinski definition) is 8. The fraction of sp³-hybridized carbons (Fsp3) is 0.290. The van der Waals surface area contributed by atoms with E-state index in [2.05, 4.69) is 28.6 Å². The molecule has 0 aliphatic heterocycles. The summed E-state index contributed by atoms with van der Waals surface area (Å²) >= 11 is 0. The van der Waals surface area contributed by atoms with Gasteiger partial charge in [-0.2, -0.15) is 0 Å². The van der Waals surface area contributed by atoms with Gasteiger partial charge in [-0.1, -0.05) is 31.2 Å². The van der Waals surface area contributed by atoms with Crippen LogP contribution in [-0.2, 0) is 29.4 Å². The van der Waals surface area contributed by atoms with Crippen LogP contribution in [0.5, 0.6) is 11.5 Å². The predicted molar refractivity (Wildman–Crippen MR) is 165 cm³/mol. The van der Waals surface area contributed by atoms with Crippen LogP contribution in [0, 0.1) is 0 Å². The molecule has 3 aromatic carbocycles. The monoisotopic (exact) mass is 591 g/mol. The molecule has 4 rings (SSSR count). The van der Waals surface area contributed by atoms with Gasteiger partial charge in [0.15, 0.2) is 11.5 Å². The van der Waals surface area contributed by atoms with Crippen molar-refractivity contribution in [1.29, 1.82) is 0 Å². The summed E-state index contributed by atoms with van der Waals surface area (Å²) in [6, 6.07) is 16.2. The molecule has 0 radical (unpaired) electrons. The number of carbonyl (C=O) groups is 1. The summed E-state index contributed by atoms with van der Waals surface area (Å²) in [6.45, 7) is 8.12. The summed E-state index contributed by atoms with van der Waals surface area (Å²) in [6.07, 6.45) is 2.96. The van der Waals surface area contributed by atoms with E-state index >= 15 is 0 Å². The molecule has 10 nitrogen and oxygen atoms in total. The number of fused-ring (bicyclic) bond motifs is 1. The van der Waals surface area contributed by atoms with Gasteiger partial charge in [-0.25, -0.2) is 13.6 Å². The quantitative estimate of drug-likeness (QED) is 0.157. The van der Waals surface area contributed by atoms with Gasteiger partial charge in [0.2, 0.25) is 10.0 Å². The van der Waals surface area contributed by atoms with Gasteiger partial charge >= 0.3 is 0 Å². The van der Waals surface area contributed by atoms with Crippen molar-refractivity contribution in [2.24, 2.45) is 10.9 Å². The molecule has 4 aromatic rings. The molecular weight excluding hydrogens is 554 g/mol. The number of nitrogens with two attached hydrogens (primary N) is 2. The smallest absolute Gasteiger partial charge is 0.252 e. The van der Waals surface area contributed by atoms with Crippen molar-refractivity contribution in [2.45, 2.75) is 45.1 Å². The Labute approximate surface area is 246 Å². The van der Waals surface area contributed by atoms with Crippen LogP contribution in [0.3, 0.4) is 0 Å². The number of rotatable bonds is 14. The number of nitrogens with one attached hydrogen (secondary N) is 2. The zero-order valence-electron chi connectivity index (χ0n) is 24.1. The van der Waals surface area contributed by atoms with Gasteiger partial charge in [0.25, 0.3) is 5.91 Å². The fourth-order valence-electron chi connectivity index (χ4n) is 4.83. The first-order chi connectivity index (χ1) is 20.2. The first-order valence-electron chi connectivity index (χ1n) is 13.9. The first-order valence-corrected chi connectivity index (χ1v) is 15.4. The van der Waals surface area contributed by atoms with E-state index in [1.54, 1.807) is 12.1 Å². The predicted octanol–water partition coefficient (Wildman–Crippen LogP) is 4.42. The maximum Gasteiger partial charge on any atom is 0.252 e. The molecule has 0 spiro atoms. The second kappa shape index (κ2) is 13.6. The summed E-state index contributed by atoms with van der Waals surface area (Å²) in [7, 11) is -3.71. The summed E-state index contributed by atoms with van der Waals surface area (Å²) < 4.78 is 34.6. The molecule has 0 aliphatic carbocycles. The standard InChI is InChI=1S/C31H37N5O5S/c1-4-23-21(18-34-15-14-20-10-12-22(13-11-20)42(33,38)39)8-7-9-26(23)36-30-24-16-28(40-5-2)29(41-6-3)17-27(24)35-19-25(30)31(32)37/h7-13,16-17,19,34H,4-6,14-15,18H2,1-3H3,(H2,32,37)(H,35,36)(H2,33,38,39). The number of anilines is 2. The van der Waals surface area contributed by atoms with Crippen molar-refractivity contribution in [3.05, 3.63) is 83.0 Å². The SMILES string of the molecule is CCOc1cc2ncc(C(N)=O)c(Nc3cccc(CNCCc4ccc(S(N)(=O)=O)cc4)c3CC)c2cc1OCC. The number of ether oxygens (including phenoxy) is 2. The molecule has 0 aliphatic rings. The second-order valence-corrected chi connectivity index (χ2v) is 11.2. The van der Waals surface area contributed by atoms with E-state index in [4.69, 9.17) is 20.3 Å². The average Bonchev–Trinajstić information content (AvgIpc) is 2.96. The highest BCUT2D eigenvalue weighted by Crippen LogP contribution is 2.38. The molecule has 1 heterocycles. The van der Waals surface area contributed by atoms with Crippen LogP contribution in [0.25, 0.3) is 10.9 Å². The van der Waals surface area contributed by atoms with Crippen LogP contribution < -0.4 is 31.0 Å². The Morgan fingerprint density at radius 1 is 0.976 bits per heavy atom. The summed E-state index contributed by atoms with van der Waals surface area (Å²) in [5.74, 6) is 0.554. The average molecular weight is 592 g/mol. The minimum Gasteiger partial charge on any atom is -0.490 e. The van der Waals surface area contributed by atoms with Crippen molar-refractivity contribution < 1.29 is 22.7 Å². The molecule has 42 heavy (non-hydrogen) atoms. The lowest BCUT2D eigenvalue weighted by atomic mass is 10.0. The Hall–Kier alpha value is -4.19. The lowest BCUT2D eigenvalue weighted by molar-refractivity contribution is 0.100. The molecule has 0 atom stereocenters. The third-order valence-electron chi connectivity index (χ3n) is 6.84. The minimum atomic E-state index is -3.71. The topological polar surface area (TPSA) is 159 Å². The summed E-state index contributed by atoms with van der Waals surface area (Å²) in [5, 5.41) is 12.8. The number of aromatic nitrogens is 1. The second-order valence-electron chi connectivity index (χ2n) is 9.63. The number of hydrogen-bond donors (Lipinski definition) is 4. The van der Waals surface area contributed by atoms with Gasteiger partial charge in [-0.05, 0) is 74.2 Å². The summed E-state index contributed by atoms with van der Waals surface area (Å²) in [5.41, 5.74) is 11.3. The molecule has 11 heteroatoms. The van der Waals surface area contributed by atoms with Gasteiger partial charge in [-0.15, -0.1) is 0 Å². The number of primary sulfonamides is 1. The zero-order valence-corrected chi connectivity index (χ0v) is 24.9. The van der Waals surface area contributed by atoms with Crippen LogP contribution in [0.1, 0.15) is 47.8 Å². The number of pyridine rings is 1. The van der Waals surface area contributed by atoms with Crippen molar-refractivity contribution >= 4 is 38.2 Å². The van der Waals surface area contributed by atoms with Gasteiger partial charge in [-0.3, -0.25) is 9.78 Å². The molecule has 6 N–H and O–H groups in total. The Morgan fingerprint density at radius 2 is 1.67 bits per heavy atom. The van der Waals surface area contributed by atoms with Crippen molar-refractivity contribution in [1.82, 2.24) is 10.3 Å². The zero-order chi connectivity index (χ0) is 30.3. The highest BCUT2D eigenvalue weighted by atomic mass is 32.2. The van der Waals surface area contributed by atoms with Crippen molar-refractivity contribution in [2.75, 3.05) is 25.1 Å². The van der Waals surface area contributed by atoms with Gasteiger partial charge in [0.05, 0.1) is 34.9 Å². The number of sulfonamides is 1. The van der Waals surface area contributed by atoms with E-state index in [0.29, 0.717) is 54.4 Å². The van der Waals surface area contributed by atoms with Gasteiger partial charge in [0.1, 0.15) is 0 Å². The number of nitrogens with zero attached hydrogens (tertiary/aromatic N) is 1. The van der Waals surface area contributed by atoms with Crippen LogP contribution in [0.2, 0.25) is 0 Å². The normalized spacial score (nSPS) is 11.4. The third-order valence-corrected chi connectivity index (χ3v) is 7.77. The Morgan fingerprint density at radius 3 is 2.29 bits per heavy atom.